The average molecular weight is 305 g/mol. The lowest BCUT2D eigenvalue weighted by atomic mass is 10.2. The molecule has 2 rings (SSSR count). The van der Waals surface area contributed by atoms with Crippen molar-refractivity contribution in [3.63, 3.8) is 0 Å². The summed E-state index contributed by atoms with van der Waals surface area (Å²) in [5.74, 6) is -0.144. The highest BCUT2D eigenvalue weighted by Gasteiger charge is 2.16. The Morgan fingerprint density at radius 2 is 2.10 bits per heavy atom. The molecule has 4 N–H and O–H groups in total. The Morgan fingerprint density at radius 3 is 2.70 bits per heavy atom. The molecule has 104 valence electrons. The molecule has 0 saturated carbocycles. The highest BCUT2D eigenvalue weighted by Crippen LogP contribution is 2.30. The Bertz CT molecular complexity index is 623. The van der Waals surface area contributed by atoms with Crippen LogP contribution in [0, 0.1) is 5.41 Å². The number of thioether (sulfide) groups is 1. The number of thiophene rings is 1. The molecule has 6 heteroatoms. The van der Waals surface area contributed by atoms with Gasteiger partial charge in [-0.15, -0.1) is 23.1 Å². The molecule has 0 aliphatic heterocycles. The van der Waals surface area contributed by atoms with Gasteiger partial charge in [0, 0.05) is 6.54 Å². The molecule has 1 heterocycles. The van der Waals surface area contributed by atoms with Crippen molar-refractivity contribution in [2.75, 3.05) is 6.26 Å². The fourth-order valence-electron chi connectivity index (χ4n) is 1.69. The number of rotatable bonds is 5. The van der Waals surface area contributed by atoms with Crippen molar-refractivity contribution in [1.82, 2.24) is 5.32 Å². The van der Waals surface area contributed by atoms with Crippen molar-refractivity contribution in [1.29, 1.82) is 5.41 Å². The maximum Gasteiger partial charge on any atom is 0.253 e. The molecular formula is C14H15N3OS2. The first-order valence-corrected chi connectivity index (χ1v) is 8.00. The maximum atomic E-state index is 12.2. The van der Waals surface area contributed by atoms with Crippen molar-refractivity contribution in [2.45, 2.75) is 10.8 Å². The maximum absolute atomic E-state index is 12.2. The van der Waals surface area contributed by atoms with Gasteiger partial charge in [0.1, 0.15) is 5.84 Å². The highest BCUT2D eigenvalue weighted by molar-refractivity contribution is 8.00. The highest BCUT2D eigenvalue weighted by atomic mass is 32.2. The molecule has 2 aromatic rings. The van der Waals surface area contributed by atoms with E-state index in [-0.39, 0.29) is 11.7 Å². The second kappa shape index (κ2) is 6.58. The number of nitrogens with one attached hydrogen (secondary N) is 2. The van der Waals surface area contributed by atoms with E-state index in [1.807, 2.05) is 36.6 Å². The molecule has 0 spiro atoms. The van der Waals surface area contributed by atoms with E-state index in [9.17, 15) is 4.79 Å². The van der Waals surface area contributed by atoms with Gasteiger partial charge in [0.25, 0.3) is 5.91 Å². The SMILES string of the molecule is CSc1sc(C(=N)N)cc1C(=O)NCc1ccccc1. The summed E-state index contributed by atoms with van der Waals surface area (Å²) < 4.78 is 0.876. The lowest BCUT2D eigenvalue weighted by Crippen LogP contribution is -2.22. The van der Waals surface area contributed by atoms with Crippen LogP contribution in [0.2, 0.25) is 0 Å². The minimum Gasteiger partial charge on any atom is -0.383 e. The first kappa shape index (κ1) is 14.6. The summed E-state index contributed by atoms with van der Waals surface area (Å²) in [6.07, 6.45) is 1.91. The largest absolute Gasteiger partial charge is 0.383 e. The summed E-state index contributed by atoms with van der Waals surface area (Å²) >= 11 is 2.86. The van der Waals surface area contributed by atoms with Crippen LogP contribution >= 0.6 is 23.1 Å². The second-order valence-electron chi connectivity index (χ2n) is 4.10. The molecule has 0 bridgehead atoms. The molecule has 1 aromatic heterocycles. The van der Waals surface area contributed by atoms with Gasteiger partial charge in [-0.2, -0.15) is 0 Å². The van der Waals surface area contributed by atoms with Crippen molar-refractivity contribution < 1.29 is 4.79 Å². The standard InChI is InChI=1S/C14H15N3OS2/c1-19-14-10(7-11(20-14)12(15)16)13(18)17-8-9-5-3-2-4-6-9/h2-7H,8H2,1H3,(H3,15,16)(H,17,18). The zero-order valence-electron chi connectivity index (χ0n) is 11.0. The Labute approximate surface area is 125 Å². The van der Waals surface area contributed by atoms with Gasteiger partial charge >= 0.3 is 0 Å². The van der Waals surface area contributed by atoms with Gasteiger partial charge in [0.2, 0.25) is 0 Å². The van der Waals surface area contributed by atoms with E-state index in [1.165, 1.54) is 23.1 Å². The third kappa shape index (κ3) is 3.40. The predicted molar refractivity (Wildman–Crippen MR) is 84.7 cm³/mol. The zero-order valence-corrected chi connectivity index (χ0v) is 12.6. The van der Waals surface area contributed by atoms with E-state index in [0.717, 1.165) is 9.77 Å². The van der Waals surface area contributed by atoms with E-state index in [0.29, 0.717) is 17.0 Å². The topological polar surface area (TPSA) is 79.0 Å². The van der Waals surface area contributed by atoms with Crippen LogP contribution in [-0.2, 0) is 6.54 Å². The van der Waals surface area contributed by atoms with Crippen LogP contribution in [-0.4, -0.2) is 18.0 Å². The Morgan fingerprint density at radius 1 is 1.40 bits per heavy atom. The molecule has 4 nitrogen and oxygen atoms in total. The minimum absolute atomic E-state index is 0.00703. The number of nitrogens with two attached hydrogens (primary N) is 1. The third-order valence-corrected chi connectivity index (χ3v) is 4.99. The van der Waals surface area contributed by atoms with Gasteiger partial charge in [0.15, 0.2) is 0 Å². The average Bonchev–Trinajstić information content (AvgIpc) is 2.90. The summed E-state index contributed by atoms with van der Waals surface area (Å²) in [6.45, 7) is 0.485. The molecule has 0 unspecified atom stereocenters. The molecule has 0 saturated heterocycles. The van der Waals surface area contributed by atoms with E-state index < -0.39 is 0 Å². The van der Waals surface area contributed by atoms with Crippen LogP contribution in [0.1, 0.15) is 20.8 Å². The first-order valence-electron chi connectivity index (χ1n) is 5.96. The molecular weight excluding hydrogens is 290 g/mol. The number of benzene rings is 1. The lowest BCUT2D eigenvalue weighted by molar-refractivity contribution is 0.0949. The van der Waals surface area contributed by atoms with Crippen molar-refractivity contribution in [3.8, 4) is 0 Å². The number of amides is 1. The van der Waals surface area contributed by atoms with E-state index in [1.54, 1.807) is 6.07 Å². The zero-order chi connectivity index (χ0) is 14.5. The fraction of sp³-hybridized carbons (Fsp3) is 0.143. The van der Waals surface area contributed by atoms with Crippen LogP contribution in [0.3, 0.4) is 0 Å². The monoisotopic (exact) mass is 305 g/mol. The number of carbonyl (C=O) groups excluding carboxylic acids is 1. The molecule has 20 heavy (non-hydrogen) atoms. The lowest BCUT2D eigenvalue weighted by Gasteiger charge is -2.05. The number of amidine groups is 1. The quantitative estimate of drug-likeness (QED) is 0.451. The van der Waals surface area contributed by atoms with Crippen molar-refractivity contribution in [2.24, 2.45) is 5.73 Å². The van der Waals surface area contributed by atoms with Crippen LogP contribution in [0.25, 0.3) is 0 Å². The number of hydrogen-bond donors (Lipinski definition) is 3. The van der Waals surface area contributed by atoms with Gasteiger partial charge in [-0.1, -0.05) is 30.3 Å². The normalized spacial score (nSPS) is 10.2. The molecule has 0 radical (unpaired) electrons. The van der Waals surface area contributed by atoms with E-state index in [4.69, 9.17) is 11.1 Å². The molecule has 1 amide bonds. The molecule has 0 aliphatic carbocycles. The van der Waals surface area contributed by atoms with Gasteiger partial charge < -0.3 is 11.1 Å². The van der Waals surface area contributed by atoms with Gasteiger partial charge in [-0.25, -0.2) is 0 Å². The van der Waals surface area contributed by atoms with E-state index in [2.05, 4.69) is 5.32 Å². The number of nitrogen functional groups attached to an aromatic ring is 1. The smallest absolute Gasteiger partial charge is 0.253 e. The second-order valence-corrected chi connectivity index (χ2v) is 6.22. The molecule has 0 atom stereocenters. The summed E-state index contributed by atoms with van der Waals surface area (Å²) in [5, 5.41) is 10.3. The summed E-state index contributed by atoms with van der Waals surface area (Å²) in [5.41, 5.74) is 7.10. The Hall–Kier alpha value is -1.79. The molecule has 1 aromatic carbocycles. The minimum atomic E-state index is -0.137. The van der Waals surface area contributed by atoms with Gasteiger partial charge in [-0.3, -0.25) is 10.2 Å². The van der Waals surface area contributed by atoms with Crippen molar-refractivity contribution in [3.05, 3.63) is 52.4 Å². The van der Waals surface area contributed by atoms with Crippen LogP contribution < -0.4 is 11.1 Å². The Kier molecular flexibility index (Phi) is 4.81. The van der Waals surface area contributed by atoms with Crippen molar-refractivity contribution >= 4 is 34.8 Å². The van der Waals surface area contributed by atoms with Crippen LogP contribution in [0.15, 0.2) is 40.6 Å². The third-order valence-electron chi connectivity index (χ3n) is 2.69. The fourth-order valence-corrected chi connectivity index (χ4v) is 3.41. The van der Waals surface area contributed by atoms with E-state index >= 15 is 0 Å². The first-order chi connectivity index (χ1) is 9.61. The van der Waals surface area contributed by atoms with Gasteiger partial charge in [-0.05, 0) is 17.9 Å². The summed E-state index contributed by atoms with van der Waals surface area (Å²) in [6, 6.07) is 11.4. The number of carbonyl (C=O) groups is 1. The molecule has 0 aliphatic rings. The van der Waals surface area contributed by atoms with Crippen LogP contribution in [0.4, 0.5) is 0 Å². The molecule has 0 fully saturated rings. The predicted octanol–water partition coefficient (Wildman–Crippen LogP) is 2.68. The Balaban J connectivity index is 2.11. The summed E-state index contributed by atoms with van der Waals surface area (Å²) in [7, 11) is 0. The number of hydrogen-bond acceptors (Lipinski definition) is 4. The summed E-state index contributed by atoms with van der Waals surface area (Å²) in [4.78, 5) is 12.8. The van der Waals surface area contributed by atoms with Gasteiger partial charge in [0.05, 0.1) is 14.6 Å². The van der Waals surface area contributed by atoms with Crippen LogP contribution in [0.5, 0.6) is 0 Å².